The fraction of sp³-hybridized carbons (Fsp3) is 0.500. The van der Waals surface area contributed by atoms with Gasteiger partial charge in [-0.2, -0.15) is 0 Å². The van der Waals surface area contributed by atoms with Crippen LogP contribution >= 0.6 is 11.3 Å². The molecule has 2 aromatic rings. The lowest BCUT2D eigenvalue weighted by atomic mass is 9.99. The summed E-state index contributed by atoms with van der Waals surface area (Å²) in [7, 11) is 0. The number of hydrogen-bond donors (Lipinski definition) is 1. The summed E-state index contributed by atoms with van der Waals surface area (Å²) in [6.45, 7) is 9.71. The van der Waals surface area contributed by atoms with E-state index in [1.165, 1.54) is 40.2 Å². The maximum Gasteiger partial charge on any atom is 0.305 e. The fourth-order valence-corrected chi connectivity index (χ4v) is 4.09. The zero-order valence-electron chi connectivity index (χ0n) is 13.6. The first-order valence-electron chi connectivity index (χ1n) is 8.05. The third-order valence-electron chi connectivity index (χ3n) is 4.62. The highest BCUT2D eigenvalue weighted by atomic mass is 32.1. The summed E-state index contributed by atoms with van der Waals surface area (Å²) in [6, 6.07) is 6.42. The molecule has 0 unspecified atom stereocenters. The predicted molar refractivity (Wildman–Crippen MR) is 93.5 cm³/mol. The summed E-state index contributed by atoms with van der Waals surface area (Å²) in [4.78, 5) is 18.7. The van der Waals surface area contributed by atoms with Crippen molar-refractivity contribution in [3.05, 3.63) is 43.9 Å². The van der Waals surface area contributed by atoms with Crippen LogP contribution in [0.2, 0.25) is 0 Å². The fourth-order valence-electron chi connectivity index (χ4n) is 3.21. The number of hydrogen-bond acceptors (Lipinski definition) is 3. The molecule has 0 saturated carbocycles. The first-order valence-corrected chi connectivity index (χ1v) is 8.86. The van der Waals surface area contributed by atoms with Crippen molar-refractivity contribution >= 4 is 11.3 Å². The molecule has 3 rings (SSSR count). The summed E-state index contributed by atoms with van der Waals surface area (Å²) in [6.07, 6.45) is 2.52. The molecule has 118 valence electrons. The van der Waals surface area contributed by atoms with Crippen LogP contribution in [0.1, 0.15) is 35.8 Å². The van der Waals surface area contributed by atoms with Gasteiger partial charge in [0.05, 0.1) is 5.69 Å². The number of H-pyrrole nitrogens is 1. The number of aromatic nitrogens is 1. The van der Waals surface area contributed by atoms with E-state index in [2.05, 4.69) is 48.9 Å². The summed E-state index contributed by atoms with van der Waals surface area (Å²) < 4.78 is 0. The van der Waals surface area contributed by atoms with Gasteiger partial charge in [-0.15, -0.1) is 0 Å². The minimum absolute atomic E-state index is 0.0513. The number of thiazole rings is 1. The predicted octanol–water partition coefficient (Wildman–Crippen LogP) is 3.95. The Kier molecular flexibility index (Phi) is 4.50. The molecule has 0 atom stereocenters. The molecule has 3 nitrogen and oxygen atoms in total. The summed E-state index contributed by atoms with van der Waals surface area (Å²) in [5, 5.41) is 0. The van der Waals surface area contributed by atoms with E-state index < -0.39 is 0 Å². The van der Waals surface area contributed by atoms with Gasteiger partial charge in [0.25, 0.3) is 0 Å². The van der Waals surface area contributed by atoms with Crippen LogP contribution < -0.4 is 4.87 Å². The third-order valence-corrected chi connectivity index (χ3v) is 5.48. The molecule has 2 heterocycles. The Hall–Kier alpha value is -1.39. The largest absolute Gasteiger partial charge is 0.312 e. The number of rotatable bonds is 3. The Balaban J connectivity index is 1.88. The van der Waals surface area contributed by atoms with Crippen LogP contribution in [-0.4, -0.2) is 23.0 Å². The highest BCUT2D eigenvalue weighted by Gasteiger charge is 2.19. The van der Waals surface area contributed by atoms with Gasteiger partial charge in [0.15, 0.2) is 0 Å². The molecule has 0 aliphatic carbocycles. The molecule has 1 saturated heterocycles. The molecule has 1 N–H and O–H groups in total. The zero-order valence-corrected chi connectivity index (χ0v) is 14.4. The van der Waals surface area contributed by atoms with Crippen molar-refractivity contribution in [2.24, 2.45) is 5.92 Å². The standard InChI is InChI=1S/C18H24N2OS/c1-12-6-8-20(9-7-12)11-16-17(19-18(21)22-16)15-5-4-13(2)10-14(15)3/h4-5,10,12H,6-9,11H2,1-3H3,(H,19,21). The van der Waals surface area contributed by atoms with Crippen molar-refractivity contribution in [1.82, 2.24) is 9.88 Å². The normalized spacial score (nSPS) is 17.0. The Labute approximate surface area is 136 Å². The third kappa shape index (κ3) is 3.33. The van der Waals surface area contributed by atoms with Crippen LogP contribution in [0.3, 0.4) is 0 Å². The van der Waals surface area contributed by atoms with E-state index in [1.807, 2.05) is 0 Å². The smallest absolute Gasteiger partial charge is 0.305 e. The number of aromatic amines is 1. The number of nitrogens with zero attached hydrogens (tertiary/aromatic N) is 1. The van der Waals surface area contributed by atoms with Gasteiger partial charge in [-0.05, 0) is 51.3 Å². The monoisotopic (exact) mass is 316 g/mol. The molecule has 0 radical (unpaired) electrons. The van der Waals surface area contributed by atoms with Crippen molar-refractivity contribution in [2.45, 2.75) is 40.2 Å². The topological polar surface area (TPSA) is 36.1 Å². The van der Waals surface area contributed by atoms with E-state index in [1.54, 1.807) is 0 Å². The summed E-state index contributed by atoms with van der Waals surface area (Å²) in [5.41, 5.74) is 4.66. The van der Waals surface area contributed by atoms with Gasteiger partial charge < -0.3 is 4.98 Å². The quantitative estimate of drug-likeness (QED) is 0.930. The molecule has 1 aliphatic rings. The Morgan fingerprint density at radius 1 is 1.27 bits per heavy atom. The van der Waals surface area contributed by atoms with E-state index in [9.17, 15) is 4.79 Å². The van der Waals surface area contributed by atoms with Gasteiger partial charge in [0, 0.05) is 17.0 Å². The van der Waals surface area contributed by atoms with Crippen LogP contribution in [0.15, 0.2) is 23.0 Å². The molecular weight excluding hydrogens is 292 g/mol. The first kappa shape index (κ1) is 15.5. The van der Waals surface area contributed by atoms with Gasteiger partial charge in [-0.3, -0.25) is 9.69 Å². The number of aryl methyl sites for hydroxylation is 2. The Morgan fingerprint density at radius 3 is 2.68 bits per heavy atom. The molecule has 22 heavy (non-hydrogen) atoms. The minimum Gasteiger partial charge on any atom is -0.312 e. The van der Waals surface area contributed by atoms with E-state index in [0.29, 0.717) is 0 Å². The average molecular weight is 316 g/mol. The van der Waals surface area contributed by atoms with Crippen molar-refractivity contribution in [1.29, 1.82) is 0 Å². The maximum absolute atomic E-state index is 11.9. The van der Waals surface area contributed by atoms with Crippen LogP contribution in [0, 0.1) is 19.8 Å². The maximum atomic E-state index is 11.9. The lowest BCUT2D eigenvalue weighted by Crippen LogP contribution is -2.32. The molecule has 0 bridgehead atoms. The van der Waals surface area contributed by atoms with Crippen LogP contribution in [0.4, 0.5) is 0 Å². The van der Waals surface area contributed by atoms with Gasteiger partial charge in [-0.25, -0.2) is 0 Å². The molecule has 0 amide bonds. The summed E-state index contributed by atoms with van der Waals surface area (Å²) >= 11 is 1.36. The van der Waals surface area contributed by atoms with E-state index in [-0.39, 0.29) is 4.87 Å². The molecule has 1 aromatic carbocycles. The van der Waals surface area contributed by atoms with E-state index >= 15 is 0 Å². The molecule has 1 aliphatic heterocycles. The molecular formula is C18H24N2OS. The van der Waals surface area contributed by atoms with Crippen molar-refractivity contribution < 1.29 is 0 Å². The first-order chi connectivity index (χ1) is 10.5. The van der Waals surface area contributed by atoms with Crippen LogP contribution in [-0.2, 0) is 6.54 Å². The van der Waals surface area contributed by atoms with E-state index in [4.69, 9.17) is 0 Å². The number of nitrogens with one attached hydrogen (secondary N) is 1. The SMILES string of the molecule is Cc1ccc(-c2[nH]c(=O)sc2CN2CCC(C)CC2)c(C)c1. The second-order valence-corrected chi connectivity index (χ2v) is 7.66. The lowest BCUT2D eigenvalue weighted by molar-refractivity contribution is 0.187. The Bertz CT molecular complexity index is 708. The Morgan fingerprint density at radius 2 is 2.00 bits per heavy atom. The van der Waals surface area contributed by atoms with Gasteiger partial charge >= 0.3 is 4.87 Å². The lowest BCUT2D eigenvalue weighted by Gasteiger charge is -2.29. The zero-order chi connectivity index (χ0) is 15.7. The highest BCUT2D eigenvalue weighted by Crippen LogP contribution is 2.29. The minimum atomic E-state index is 0.0513. The molecule has 0 spiro atoms. The highest BCUT2D eigenvalue weighted by molar-refractivity contribution is 7.09. The summed E-state index contributed by atoms with van der Waals surface area (Å²) in [5.74, 6) is 0.833. The van der Waals surface area contributed by atoms with Crippen molar-refractivity contribution in [3.63, 3.8) is 0 Å². The van der Waals surface area contributed by atoms with Gasteiger partial charge in [0.2, 0.25) is 0 Å². The van der Waals surface area contributed by atoms with E-state index in [0.717, 1.165) is 36.8 Å². The number of piperidine rings is 1. The molecule has 1 fully saturated rings. The molecule has 4 heteroatoms. The average Bonchev–Trinajstić information content (AvgIpc) is 2.82. The molecule has 1 aromatic heterocycles. The van der Waals surface area contributed by atoms with Gasteiger partial charge in [-0.1, -0.05) is 42.0 Å². The number of likely N-dealkylation sites (tertiary alicyclic amines) is 1. The number of benzene rings is 1. The van der Waals surface area contributed by atoms with Gasteiger partial charge in [0.1, 0.15) is 0 Å². The van der Waals surface area contributed by atoms with Crippen molar-refractivity contribution in [2.75, 3.05) is 13.1 Å². The van der Waals surface area contributed by atoms with Crippen LogP contribution in [0.5, 0.6) is 0 Å². The van der Waals surface area contributed by atoms with Crippen LogP contribution in [0.25, 0.3) is 11.3 Å². The van der Waals surface area contributed by atoms with Crippen molar-refractivity contribution in [3.8, 4) is 11.3 Å². The second-order valence-electron chi connectivity index (χ2n) is 6.59. The second kappa shape index (κ2) is 6.39.